The van der Waals surface area contributed by atoms with Crippen molar-refractivity contribution in [3.8, 4) is 56.5 Å². The Morgan fingerprint density at radius 3 is 1.27 bits per heavy atom. The average Bonchev–Trinajstić information content (AvgIpc) is 4.04. The van der Waals surface area contributed by atoms with Gasteiger partial charge in [0.2, 0.25) is 11.6 Å². The van der Waals surface area contributed by atoms with Crippen molar-refractivity contribution in [2.24, 2.45) is 11.8 Å². The van der Waals surface area contributed by atoms with Crippen LogP contribution in [-0.2, 0) is 39.1 Å². The van der Waals surface area contributed by atoms with Gasteiger partial charge in [0.1, 0.15) is 24.7 Å². The molecule has 66 heavy (non-hydrogen) atoms. The standard InChI is InChI=1S/C52H57N11O2.ClH/c1-31(2)25-45-41(49(37-21-17-33(5)18-22-37)43(35(7)54-45)29-64-47-15-11-9-13-39(47)51-56-60-61-57-51)27-53-28-42-46(26-32(3)4)55-36(8)44(50(42)38-23-19-34(6)20-24-38)30-65-48-16-12-10-14-40(48)52-58-62-63-59-52;/h9-24,31-32,53H,25-30H2,1-8H3,(H,56,57,60,61)(H,58,59,62,63);1H. The van der Waals surface area contributed by atoms with E-state index >= 15 is 0 Å². The number of aryl methyl sites for hydroxylation is 4. The highest BCUT2D eigenvalue weighted by molar-refractivity contribution is 5.85. The van der Waals surface area contributed by atoms with Gasteiger partial charge in [-0.25, -0.2) is 0 Å². The summed E-state index contributed by atoms with van der Waals surface area (Å²) in [5.74, 6) is 3.05. The number of halogens is 1. The van der Waals surface area contributed by atoms with Gasteiger partial charge in [-0.1, -0.05) is 112 Å². The third-order valence-electron chi connectivity index (χ3n) is 11.6. The van der Waals surface area contributed by atoms with Crippen LogP contribution >= 0.6 is 12.4 Å². The SMILES string of the molecule is Cc1ccc(-c2c(COc3ccccc3-c3nn[nH]n3)c(C)nc(CC(C)C)c2CNCc2c(CC(C)C)nc(C)c(COc3ccccc3-c3nn[nH]n3)c2-c2ccc(C)cc2)cc1.Cl. The van der Waals surface area contributed by atoms with Crippen LogP contribution < -0.4 is 14.8 Å². The van der Waals surface area contributed by atoms with Crippen LogP contribution in [-0.4, -0.2) is 51.2 Å². The highest BCUT2D eigenvalue weighted by atomic mass is 35.5. The molecule has 0 unspecified atom stereocenters. The van der Waals surface area contributed by atoms with E-state index in [0.717, 1.165) is 91.3 Å². The van der Waals surface area contributed by atoms with E-state index < -0.39 is 0 Å². The number of H-pyrrole nitrogens is 2. The summed E-state index contributed by atoms with van der Waals surface area (Å²) >= 11 is 0. The minimum absolute atomic E-state index is 0. The number of rotatable bonds is 18. The van der Waals surface area contributed by atoms with Gasteiger partial charge < -0.3 is 14.8 Å². The number of tetrazole rings is 2. The Kier molecular flexibility index (Phi) is 15.3. The third kappa shape index (κ3) is 10.8. The highest BCUT2D eigenvalue weighted by Gasteiger charge is 2.24. The van der Waals surface area contributed by atoms with Gasteiger partial charge in [0.25, 0.3) is 0 Å². The zero-order valence-electron chi connectivity index (χ0n) is 38.9. The molecule has 0 bridgehead atoms. The molecule has 0 aliphatic carbocycles. The van der Waals surface area contributed by atoms with E-state index in [1.54, 1.807) is 0 Å². The van der Waals surface area contributed by atoms with E-state index in [1.807, 2.05) is 48.5 Å². The van der Waals surface area contributed by atoms with Crippen LogP contribution in [0.25, 0.3) is 45.0 Å². The first-order chi connectivity index (χ1) is 31.5. The number of pyridine rings is 2. The summed E-state index contributed by atoms with van der Waals surface area (Å²) in [6.07, 6.45) is 1.65. The molecule has 4 aromatic carbocycles. The molecule has 0 radical (unpaired) electrons. The average molecular weight is 905 g/mol. The molecular formula is C52H58ClN11O2. The fourth-order valence-corrected chi connectivity index (χ4v) is 8.39. The van der Waals surface area contributed by atoms with Crippen LogP contribution in [0.2, 0.25) is 0 Å². The first-order valence-electron chi connectivity index (χ1n) is 22.3. The van der Waals surface area contributed by atoms with E-state index in [2.05, 4.69) is 150 Å². The smallest absolute Gasteiger partial charge is 0.208 e. The van der Waals surface area contributed by atoms with Crippen LogP contribution in [0.1, 0.15) is 83.9 Å². The van der Waals surface area contributed by atoms with E-state index in [9.17, 15) is 0 Å². The molecular weight excluding hydrogens is 846 g/mol. The number of ether oxygens (including phenoxy) is 2. The summed E-state index contributed by atoms with van der Waals surface area (Å²) in [7, 11) is 0. The van der Waals surface area contributed by atoms with Crippen LogP contribution in [0.4, 0.5) is 0 Å². The lowest BCUT2D eigenvalue weighted by Gasteiger charge is -2.25. The zero-order chi connectivity index (χ0) is 45.5. The largest absolute Gasteiger partial charge is 0.488 e. The molecule has 0 saturated carbocycles. The molecule has 8 rings (SSSR count). The Bertz CT molecular complexity index is 2650. The topological polar surface area (TPSA) is 165 Å². The minimum atomic E-state index is 0. The third-order valence-corrected chi connectivity index (χ3v) is 11.6. The molecule has 0 aliphatic heterocycles. The van der Waals surface area contributed by atoms with Crippen LogP contribution in [0.5, 0.6) is 11.5 Å². The van der Waals surface area contributed by atoms with E-state index in [0.29, 0.717) is 61.3 Å². The fourth-order valence-electron chi connectivity index (χ4n) is 8.39. The van der Waals surface area contributed by atoms with Crippen LogP contribution in [0, 0.1) is 39.5 Å². The second kappa shape index (κ2) is 21.4. The van der Waals surface area contributed by atoms with Crippen LogP contribution in [0.3, 0.4) is 0 Å². The highest BCUT2D eigenvalue weighted by Crippen LogP contribution is 2.38. The van der Waals surface area contributed by atoms with Gasteiger partial charge in [-0.05, 0) is 120 Å². The number of hydrogen-bond acceptors (Lipinski definition) is 11. The molecule has 14 heteroatoms. The normalized spacial score (nSPS) is 11.3. The molecule has 0 amide bonds. The summed E-state index contributed by atoms with van der Waals surface area (Å²) in [6, 6.07) is 33.1. The van der Waals surface area contributed by atoms with Gasteiger partial charge in [0.05, 0.1) is 11.1 Å². The predicted molar refractivity (Wildman–Crippen MR) is 261 cm³/mol. The zero-order valence-corrected chi connectivity index (χ0v) is 39.8. The molecule has 8 aromatic rings. The van der Waals surface area contributed by atoms with Crippen molar-refractivity contribution in [3.05, 3.63) is 153 Å². The molecule has 340 valence electrons. The molecule has 0 aliphatic rings. The van der Waals surface area contributed by atoms with Gasteiger partial charge in [-0.3, -0.25) is 9.97 Å². The van der Waals surface area contributed by atoms with E-state index in [4.69, 9.17) is 19.4 Å². The molecule has 0 atom stereocenters. The van der Waals surface area contributed by atoms with E-state index in [-0.39, 0.29) is 12.4 Å². The first kappa shape index (κ1) is 47.1. The monoisotopic (exact) mass is 903 g/mol. The Morgan fingerprint density at radius 1 is 0.515 bits per heavy atom. The number of benzene rings is 4. The summed E-state index contributed by atoms with van der Waals surface area (Å²) < 4.78 is 13.4. The summed E-state index contributed by atoms with van der Waals surface area (Å²) in [6.45, 7) is 19.2. The van der Waals surface area contributed by atoms with Gasteiger partial charge >= 0.3 is 0 Å². The number of aromatic nitrogens is 10. The number of nitrogens with zero attached hydrogens (tertiary/aromatic N) is 8. The van der Waals surface area contributed by atoms with Crippen molar-refractivity contribution in [2.75, 3.05) is 0 Å². The lowest BCUT2D eigenvalue weighted by molar-refractivity contribution is 0.306. The van der Waals surface area contributed by atoms with Crippen molar-refractivity contribution in [1.29, 1.82) is 0 Å². The van der Waals surface area contributed by atoms with Gasteiger partial charge in [0, 0.05) is 47.0 Å². The number of para-hydroxylation sites is 2. The first-order valence-corrected chi connectivity index (χ1v) is 22.3. The quantitative estimate of drug-likeness (QED) is 0.0750. The molecule has 0 saturated heterocycles. The molecule has 0 spiro atoms. The predicted octanol–water partition coefficient (Wildman–Crippen LogP) is 10.7. The second-order valence-corrected chi connectivity index (χ2v) is 17.5. The molecule has 13 nitrogen and oxygen atoms in total. The number of nitrogens with one attached hydrogen (secondary N) is 3. The Morgan fingerprint density at radius 2 is 0.909 bits per heavy atom. The van der Waals surface area contributed by atoms with Gasteiger partial charge in [0.15, 0.2) is 0 Å². The maximum absolute atomic E-state index is 6.68. The second-order valence-electron chi connectivity index (χ2n) is 17.5. The van der Waals surface area contributed by atoms with Gasteiger partial charge in [-0.15, -0.1) is 32.8 Å². The lowest BCUT2D eigenvalue weighted by Crippen LogP contribution is -2.21. The minimum Gasteiger partial charge on any atom is -0.488 e. The van der Waals surface area contributed by atoms with E-state index in [1.165, 1.54) is 11.1 Å². The van der Waals surface area contributed by atoms with Crippen molar-refractivity contribution >= 4 is 12.4 Å². The van der Waals surface area contributed by atoms with Crippen molar-refractivity contribution in [1.82, 2.24) is 56.5 Å². The summed E-state index contributed by atoms with van der Waals surface area (Å²) in [4.78, 5) is 10.7. The van der Waals surface area contributed by atoms with Crippen molar-refractivity contribution in [3.63, 3.8) is 0 Å². The van der Waals surface area contributed by atoms with Crippen LogP contribution in [0.15, 0.2) is 97.1 Å². The molecule has 3 N–H and O–H groups in total. The Hall–Kier alpha value is -6.83. The molecule has 4 heterocycles. The number of hydrogen-bond donors (Lipinski definition) is 3. The van der Waals surface area contributed by atoms with Crippen molar-refractivity contribution in [2.45, 2.75) is 94.5 Å². The Labute approximate surface area is 393 Å². The lowest BCUT2D eigenvalue weighted by atomic mass is 9.89. The Balaban J connectivity index is 0.00000648. The molecule has 4 aromatic heterocycles. The number of aromatic amines is 2. The molecule has 0 fully saturated rings. The maximum Gasteiger partial charge on any atom is 0.208 e. The van der Waals surface area contributed by atoms with Crippen molar-refractivity contribution < 1.29 is 9.47 Å². The summed E-state index contributed by atoms with van der Waals surface area (Å²) in [5.41, 5.74) is 16.8. The van der Waals surface area contributed by atoms with Gasteiger partial charge in [-0.2, -0.15) is 10.4 Å². The fraction of sp³-hybridized carbons (Fsp3) is 0.308. The summed E-state index contributed by atoms with van der Waals surface area (Å²) in [5, 5.41) is 33.6. The maximum atomic E-state index is 6.68.